The number of piperidine rings is 1. The molecule has 3 heterocycles. The van der Waals surface area contributed by atoms with E-state index in [2.05, 4.69) is 42.2 Å². The summed E-state index contributed by atoms with van der Waals surface area (Å²) in [6, 6.07) is 16.6. The number of likely N-dealkylation sites (tertiary alicyclic amines) is 1. The summed E-state index contributed by atoms with van der Waals surface area (Å²) in [5.74, 6) is 0.868. The first kappa shape index (κ1) is 19.8. The fourth-order valence-electron chi connectivity index (χ4n) is 4.43. The fraction of sp³-hybridized carbons (Fsp3) is 0.360. The predicted molar refractivity (Wildman–Crippen MR) is 120 cm³/mol. The van der Waals surface area contributed by atoms with E-state index in [-0.39, 0.29) is 12.1 Å². The zero-order valence-corrected chi connectivity index (χ0v) is 17.8. The maximum absolute atomic E-state index is 12.4. The van der Waals surface area contributed by atoms with Crippen molar-refractivity contribution in [2.75, 3.05) is 26.2 Å². The van der Waals surface area contributed by atoms with Crippen molar-refractivity contribution in [2.45, 2.75) is 32.3 Å². The number of rotatable bonds is 3. The smallest absolute Gasteiger partial charge is 0.343 e. The summed E-state index contributed by atoms with van der Waals surface area (Å²) < 4.78 is 6.21. The van der Waals surface area contributed by atoms with Gasteiger partial charge in [-0.3, -0.25) is 9.82 Å². The first-order valence-electron chi connectivity index (χ1n) is 11.0. The molecule has 1 aromatic heterocycles. The predicted octanol–water partition coefficient (Wildman–Crippen LogP) is 4.81. The van der Waals surface area contributed by atoms with Crippen molar-refractivity contribution in [3.05, 3.63) is 60.3 Å². The largest absolute Gasteiger partial charge is 0.490 e. The van der Waals surface area contributed by atoms with E-state index in [0.29, 0.717) is 26.2 Å². The number of aryl methyl sites for hydroxylation is 1. The van der Waals surface area contributed by atoms with Gasteiger partial charge in [0, 0.05) is 37.5 Å². The molecule has 0 radical (unpaired) electrons. The van der Waals surface area contributed by atoms with E-state index in [1.807, 2.05) is 29.3 Å². The Hall–Kier alpha value is -3.12. The van der Waals surface area contributed by atoms with Gasteiger partial charge in [-0.25, -0.2) is 9.86 Å². The van der Waals surface area contributed by atoms with Gasteiger partial charge in [0.05, 0.1) is 18.7 Å². The number of pyridine rings is 1. The molecule has 31 heavy (non-hydrogen) atoms. The molecule has 6 nitrogen and oxygen atoms in total. The first-order valence-corrected chi connectivity index (χ1v) is 11.0. The molecule has 0 unspecified atom stereocenters. The molecule has 2 aliphatic rings. The molecule has 0 aliphatic carbocycles. The molecule has 0 saturated carbocycles. The highest BCUT2D eigenvalue weighted by atomic mass is 16.7. The first-order chi connectivity index (χ1) is 15.2. The lowest BCUT2D eigenvalue weighted by Crippen LogP contribution is -2.47. The average Bonchev–Trinajstić information content (AvgIpc) is 3.35. The number of carbonyl (C=O) groups excluding carboxylic acids is 1. The third kappa shape index (κ3) is 4.08. The van der Waals surface area contributed by atoms with E-state index in [4.69, 9.17) is 9.57 Å². The molecule has 0 bridgehead atoms. The van der Waals surface area contributed by atoms with Crippen LogP contribution in [0.5, 0.6) is 5.75 Å². The van der Waals surface area contributed by atoms with Gasteiger partial charge in [-0.2, -0.15) is 0 Å². The normalized spacial score (nSPS) is 17.3. The highest BCUT2D eigenvalue weighted by Gasteiger charge is 2.29. The topological polar surface area (TPSA) is 54.9 Å². The van der Waals surface area contributed by atoms with E-state index >= 15 is 0 Å². The van der Waals surface area contributed by atoms with Crippen LogP contribution in [0.3, 0.4) is 0 Å². The number of nitrogens with zero attached hydrogens (tertiary/aromatic N) is 3. The van der Waals surface area contributed by atoms with Gasteiger partial charge in [0.15, 0.2) is 0 Å². The number of fused-ring (bicyclic) bond motifs is 1. The van der Waals surface area contributed by atoms with Gasteiger partial charge in [0.25, 0.3) is 0 Å². The van der Waals surface area contributed by atoms with E-state index in [9.17, 15) is 4.79 Å². The Morgan fingerprint density at radius 2 is 1.87 bits per heavy atom. The lowest BCUT2D eigenvalue weighted by atomic mass is 9.98. The molecule has 2 fully saturated rings. The van der Waals surface area contributed by atoms with Gasteiger partial charge in [0.1, 0.15) is 11.9 Å². The van der Waals surface area contributed by atoms with Crippen molar-refractivity contribution < 1.29 is 14.4 Å². The van der Waals surface area contributed by atoms with Crippen LogP contribution in [0.15, 0.2) is 54.7 Å². The third-order valence-electron chi connectivity index (χ3n) is 6.17. The molecule has 3 aromatic rings. The molecule has 6 heteroatoms. The van der Waals surface area contributed by atoms with Crippen LogP contribution in [0.4, 0.5) is 4.79 Å². The Bertz CT molecular complexity index is 1070. The van der Waals surface area contributed by atoms with Crippen LogP contribution < -0.4 is 4.74 Å². The number of hydrogen-bond acceptors (Lipinski definition) is 4. The quantitative estimate of drug-likeness (QED) is 0.614. The molecule has 0 N–H and O–H groups in total. The summed E-state index contributed by atoms with van der Waals surface area (Å²) in [4.78, 5) is 24.2. The molecular formula is C25H27N3O3. The number of hydroxylamine groups is 2. The van der Waals surface area contributed by atoms with Crippen molar-refractivity contribution in [3.8, 4) is 16.9 Å². The van der Waals surface area contributed by atoms with Crippen molar-refractivity contribution >= 4 is 16.9 Å². The third-order valence-corrected chi connectivity index (χ3v) is 6.17. The summed E-state index contributed by atoms with van der Waals surface area (Å²) in [6.45, 7) is 4.84. The van der Waals surface area contributed by atoms with E-state index in [1.54, 1.807) is 0 Å². The highest BCUT2D eigenvalue weighted by Crippen LogP contribution is 2.30. The maximum atomic E-state index is 12.4. The van der Waals surface area contributed by atoms with Crippen LogP contribution >= 0.6 is 0 Å². The number of benzene rings is 2. The Labute approximate surface area is 182 Å². The van der Waals surface area contributed by atoms with Crippen LogP contribution in [-0.4, -0.2) is 53.3 Å². The van der Waals surface area contributed by atoms with Gasteiger partial charge in [-0.15, -0.1) is 0 Å². The minimum Gasteiger partial charge on any atom is -0.490 e. The van der Waals surface area contributed by atoms with Gasteiger partial charge < -0.3 is 9.64 Å². The molecule has 2 aliphatic heterocycles. The zero-order valence-electron chi connectivity index (χ0n) is 17.8. The summed E-state index contributed by atoms with van der Waals surface area (Å²) in [5.41, 5.74) is 4.57. The molecule has 2 aromatic carbocycles. The monoisotopic (exact) mass is 417 g/mol. The minimum atomic E-state index is -0.0134. The Balaban J connectivity index is 1.21. The van der Waals surface area contributed by atoms with Crippen molar-refractivity contribution in [1.82, 2.24) is 14.9 Å². The van der Waals surface area contributed by atoms with Crippen LogP contribution in [-0.2, 0) is 4.84 Å². The number of ether oxygens (including phenoxy) is 1. The van der Waals surface area contributed by atoms with Crippen molar-refractivity contribution in [1.29, 1.82) is 0 Å². The van der Waals surface area contributed by atoms with Gasteiger partial charge in [-0.1, -0.05) is 30.3 Å². The standard InChI is InChI=1S/C25H27N3O3/c1-18-23(10-7-20-4-2-13-26-24(18)20)19-5-8-21(9-6-19)31-22-11-15-27(16-12-22)25(29)28-14-3-17-30-28/h2,4-10,13,22H,3,11-12,14-17H2,1H3. The van der Waals surface area contributed by atoms with Crippen LogP contribution in [0.25, 0.3) is 22.0 Å². The van der Waals surface area contributed by atoms with Crippen LogP contribution in [0, 0.1) is 6.92 Å². The molecular weight excluding hydrogens is 390 g/mol. The van der Waals surface area contributed by atoms with E-state index < -0.39 is 0 Å². The number of hydrogen-bond donors (Lipinski definition) is 0. The van der Waals surface area contributed by atoms with Gasteiger partial charge in [-0.05, 0) is 48.2 Å². The molecule has 2 amide bonds. The lowest BCUT2D eigenvalue weighted by molar-refractivity contribution is -0.0797. The fourth-order valence-corrected chi connectivity index (χ4v) is 4.43. The number of amides is 2. The summed E-state index contributed by atoms with van der Waals surface area (Å²) >= 11 is 0. The van der Waals surface area contributed by atoms with Crippen LogP contribution in [0.1, 0.15) is 24.8 Å². The van der Waals surface area contributed by atoms with Gasteiger partial charge in [0.2, 0.25) is 0 Å². The Morgan fingerprint density at radius 3 is 2.61 bits per heavy atom. The second-order valence-corrected chi connectivity index (χ2v) is 8.21. The molecule has 160 valence electrons. The van der Waals surface area contributed by atoms with Crippen molar-refractivity contribution in [3.63, 3.8) is 0 Å². The molecule has 0 atom stereocenters. The van der Waals surface area contributed by atoms with Crippen molar-refractivity contribution in [2.24, 2.45) is 0 Å². The number of carbonyl (C=O) groups is 1. The molecule has 2 saturated heterocycles. The Morgan fingerprint density at radius 1 is 1.06 bits per heavy atom. The maximum Gasteiger partial charge on any atom is 0.343 e. The second-order valence-electron chi connectivity index (χ2n) is 8.21. The van der Waals surface area contributed by atoms with Gasteiger partial charge >= 0.3 is 6.03 Å². The van der Waals surface area contributed by atoms with Crippen LogP contribution in [0.2, 0.25) is 0 Å². The highest BCUT2D eigenvalue weighted by molar-refractivity contribution is 5.88. The summed E-state index contributed by atoms with van der Waals surface area (Å²) in [5, 5.41) is 2.65. The minimum absolute atomic E-state index is 0.0134. The SMILES string of the molecule is Cc1c(-c2ccc(OC3CCN(C(=O)N4CCCO4)CC3)cc2)ccc2cccnc12. The van der Waals surface area contributed by atoms with E-state index in [0.717, 1.165) is 41.5 Å². The number of urea groups is 1. The average molecular weight is 418 g/mol. The second kappa shape index (κ2) is 8.55. The summed E-state index contributed by atoms with van der Waals surface area (Å²) in [7, 11) is 0. The summed E-state index contributed by atoms with van der Waals surface area (Å²) in [6.07, 6.45) is 4.54. The van der Waals surface area contributed by atoms with E-state index in [1.165, 1.54) is 16.2 Å². The number of aromatic nitrogens is 1. The Kier molecular flexibility index (Phi) is 5.47. The molecule has 0 spiro atoms. The lowest BCUT2D eigenvalue weighted by Gasteiger charge is -2.33. The molecule has 5 rings (SSSR count). The zero-order chi connectivity index (χ0) is 21.2.